The van der Waals surface area contributed by atoms with Gasteiger partial charge in [-0.1, -0.05) is 6.08 Å². The Morgan fingerprint density at radius 1 is 1.64 bits per heavy atom. The normalized spacial score (nSPS) is 10.9. The third-order valence-corrected chi connectivity index (χ3v) is 2.71. The molecule has 0 spiro atoms. The van der Waals surface area contributed by atoms with E-state index in [9.17, 15) is 4.79 Å². The SMILES string of the molecule is Cc1cscc1CNC/C=C/C(=O)O. The van der Waals surface area contributed by atoms with Crippen LogP contribution in [0.25, 0.3) is 0 Å². The third kappa shape index (κ3) is 3.72. The highest BCUT2D eigenvalue weighted by atomic mass is 32.1. The van der Waals surface area contributed by atoms with Gasteiger partial charge in [-0.25, -0.2) is 4.79 Å². The minimum atomic E-state index is -0.904. The highest BCUT2D eigenvalue weighted by molar-refractivity contribution is 7.08. The molecule has 76 valence electrons. The summed E-state index contributed by atoms with van der Waals surface area (Å²) in [4.78, 5) is 10.1. The zero-order valence-corrected chi connectivity index (χ0v) is 8.80. The number of hydrogen-bond donors (Lipinski definition) is 2. The molecule has 1 aromatic rings. The molecule has 0 aliphatic rings. The summed E-state index contributed by atoms with van der Waals surface area (Å²) in [5.74, 6) is -0.904. The van der Waals surface area contributed by atoms with Crippen LogP contribution >= 0.6 is 11.3 Å². The summed E-state index contributed by atoms with van der Waals surface area (Å²) in [7, 11) is 0. The van der Waals surface area contributed by atoms with Crippen molar-refractivity contribution >= 4 is 17.3 Å². The van der Waals surface area contributed by atoms with E-state index in [4.69, 9.17) is 5.11 Å². The van der Waals surface area contributed by atoms with Crippen LogP contribution in [-0.2, 0) is 11.3 Å². The lowest BCUT2D eigenvalue weighted by Crippen LogP contribution is -2.13. The van der Waals surface area contributed by atoms with Crippen molar-refractivity contribution in [3.8, 4) is 0 Å². The molecule has 14 heavy (non-hydrogen) atoms. The van der Waals surface area contributed by atoms with Gasteiger partial charge >= 0.3 is 5.97 Å². The smallest absolute Gasteiger partial charge is 0.328 e. The van der Waals surface area contributed by atoms with E-state index >= 15 is 0 Å². The topological polar surface area (TPSA) is 49.3 Å². The third-order valence-electron chi connectivity index (χ3n) is 1.80. The Labute approximate surface area is 87.1 Å². The maximum atomic E-state index is 10.1. The largest absolute Gasteiger partial charge is 0.478 e. The molecule has 0 aliphatic carbocycles. The molecule has 1 aromatic heterocycles. The fourth-order valence-electron chi connectivity index (χ4n) is 1.02. The first-order valence-corrected chi connectivity index (χ1v) is 5.26. The van der Waals surface area contributed by atoms with Gasteiger partial charge in [0.25, 0.3) is 0 Å². The average Bonchev–Trinajstić information content (AvgIpc) is 2.51. The van der Waals surface area contributed by atoms with E-state index in [1.807, 2.05) is 0 Å². The molecule has 0 bridgehead atoms. The zero-order valence-electron chi connectivity index (χ0n) is 7.99. The molecule has 0 atom stereocenters. The predicted molar refractivity (Wildman–Crippen MR) is 57.5 cm³/mol. The van der Waals surface area contributed by atoms with Crippen molar-refractivity contribution in [3.63, 3.8) is 0 Å². The first-order valence-electron chi connectivity index (χ1n) is 4.32. The van der Waals surface area contributed by atoms with E-state index in [1.54, 1.807) is 17.4 Å². The van der Waals surface area contributed by atoms with E-state index in [1.165, 1.54) is 11.1 Å². The fourth-order valence-corrected chi connectivity index (χ4v) is 1.87. The Morgan fingerprint density at radius 2 is 2.43 bits per heavy atom. The second kappa shape index (κ2) is 5.57. The molecule has 0 aliphatic heterocycles. The van der Waals surface area contributed by atoms with Gasteiger partial charge in [-0.05, 0) is 28.8 Å². The van der Waals surface area contributed by atoms with Gasteiger partial charge in [-0.2, -0.15) is 11.3 Å². The Morgan fingerprint density at radius 3 is 3.00 bits per heavy atom. The summed E-state index contributed by atoms with van der Waals surface area (Å²) >= 11 is 1.68. The predicted octanol–water partition coefficient (Wildman–Crippen LogP) is 1.79. The van der Waals surface area contributed by atoms with Gasteiger partial charge in [0, 0.05) is 19.2 Å². The number of hydrogen-bond acceptors (Lipinski definition) is 3. The van der Waals surface area contributed by atoms with E-state index < -0.39 is 5.97 Å². The van der Waals surface area contributed by atoms with Crippen molar-refractivity contribution in [2.75, 3.05) is 6.54 Å². The van der Waals surface area contributed by atoms with E-state index in [0.717, 1.165) is 12.6 Å². The average molecular weight is 211 g/mol. The molecule has 1 rings (SSSR count). The van der Waals surface area contributed by atoms with E-state index in [0.29, 0.717) is 6.54 Å². The minimum Gasteiger partial charge on any atom is -0.478 e. The molecule has 0 aromatic carbocycles. The zero-order chi connectivity index (χ0) is 10.4. The van der Waals surface area contributed by atoms with Gasteiger partial charge in [0.15, 0.2) is 0 Å². The Hall–Kier alpha value is -1.13. The fraction of sp³-hybridized carbons (Fsp3) is 0.300. The van der Waals surface area contributed by atoms with Crippen LogP contribution in [0.4, 0.5) is 0 Å². The number of nitrogens with one attached hydrogen (secondary N) is 1. The Kier molecular flexibility index (Phi) is 4.35. The Balaban J connectivity index is 2.23. The van der Waals surface area contributed by atoms with Crippen LogP contribution in [0, 0.1) is 6.92 Å². The van der Waals surface area contributed by atoms with Gasteiger partial charge < -0.3 is 10.4 Å². The van der Waals surface area contributed by atoms with Crippen LogP contribution in [0.5, 0.6) is 0 Å². The highest BCUT2D eigenvalue weighted by Crippen LogP contribution is 2.12. The summed E-state index contributed by atoms with van der Waals surface area (Å²) in [5, 5.41) is 15.7. The van der Waals surface area contributed by atoms with Crippen molar-refractivity contribution in [1.82, 2.24) is 5.32 Å². The van der Waals surface area contributed by atoms with Crippen LogP contribution in [-0.4, -0.2) is 17.6 Å². The molecule has 0 unspecified atom stereocenters. The van der Waals surface area contributed by atoms with Gasteiger partial charge in [0.05, 0.1) is 0 Å². The maximum Gasteiger partial charge on any atom is 0.328 e. The second-order valence-electron chi connectivity index (χ2n) is 2.95. The molecule has 0 saturated carbocycles. The first kappa shape index (κ1) is 10.9. The number of thiophene rings is 1. The molecule has 0 saturated heterocycles. The number of carboxylic acid groups (broad SMARTS) is 1. The molecule has 4 heteroatoms. The lowest BCUT2D eigenvalue weighted by atomic mass is 10.2. The summed E-state index contributed by atoms with van der Waals surface area (Å²) in [6, 6.07) is 0. The van der Waals surface area contributed by atoms with Crippen molar-refractivity contribution < 1.29 is 9.90 Å². The molecular weight excluding hydrogens is 198 g/mol. The van der Waals surface area contributed by atoms with Crippen LogP contribution in [0.15, 0.2) is 22.9 Å². The quantitative estimate of drug-likeness (QED) is 0.576. The molecule has 1 heterocycles. The highest BCUT2D eigenvalue weighted by Gasteiger charge is 1.96. The number of aryl methyl sites for hydroxylation is 1. The van der Waals surface area contributed by atoms with E-state index in [2.05, 4.69) is 23.0 Å². The molecular formula is C10H13NO2S. The van der Waals surface area contributed by atoms with Gasteiger partial charge in [0.2, 0.25) is 0 Å². The lowest BCUT2D eigenvalue weighted by molar-refractivity contribution is -0.131. The summed E-state index contributed by atoms with van der Waals surface area (Å²) in [5.41, 5.74) is 2.56. The first-order chi connectivity index (χ1) is 6.70. The monoisotopic (exact) mass is 211 g/mol. The van der Waals surface area contributed by atoms with Gasteiger partial charge in [-0.3, -0.25) is 0 Å². The standard InChI is InChI=1S/C10H13NO2S/c1-8-6-14-7-9(8)5-11-4-2-3-10(12)13/h2-3,6-7,11H,4-5H2,1H3,(H,12,13)/b3-2+. The molecule has 0 radical (unpaired) electrons. The number of carbonyl (C=O) groups is 1. The summed E-state index contributed by atoms with van der Waals surface area (Å²) in [6.45, 7) is 3.45. The van der Waals surface area contributed by atoms with Crippen molar-refractivity contribution in [2.24, 2.45) is 0 Å². The van der Waals surface area contributed by atoms with Gasteiger partial charge in [0.1, 0.15) is 0 Å². The Bertz CT molecular complexity index is 331. The van der Waals surface area contributed by atoms with Crippen LogP contribution in [0.3, 0.4) is 0 Å². The van der Waals surface area contributed by atoms with Crippen LogP contribution in [0.1, 0.15) is 11.1 Å². The van der Waals surface area contributed by atoms with Crippen molar-refractivity contribution in [3.05, 3.63) is 34.0 Å². The summed E-state index contributed by atoms with van der Waals surface area (Å²) in [6.07, 6.45) is 2.75. The van der Waals surface area contributed by atoms with Crippen molar-refractivity contribution in [2.45, 2.75) is 13.5 Å². The molecule has 3 nitrogen and oxygen atoms in total. The molecule has 2 N–H and O–H groups in total. The number of aliphatic carboxylic acids is 1. The van der Waals surface area contributed by atoms with Crippen LogP contribution in [0.2, 0.25) is 0 Å². The van der Waals surface area contributed by atoms with Crippen molar-refractivity contribution in [1.29, 1.82) is 0 Å². The summed E-state index contributed by atoms with van der Waals surface area (Å²) < 4.78 is 0. The maximum absolute atomic E-state index is 10.1. The van der Waals surface area contributed by atoms with Crippen LogP contribution < -0.4 is 5.32 Å². The van der Waals surface area contributed by atoms with E-state index in [-0.39, 0.29) is 0 Å². The molecule has 0 fully saturated rings. The van der Waals surface area contributed by atoms with Gasteiger partial charge in [-0.15, -0.1) is 0 Å². The minimum absolute atomic E-state index is 0.585. The molecule has 0 amide bonds. The second-order valence-corrected chi connectivity index (χ2v) is 3.70. The number of rotatable bonds is 5. The lowest BCUT2D eigenvalue weighted by Gasteiger charge is -1.99. The number of carboxylic acids is 1.